The van der Waals surface area contributed by atoms with Crippen LogP contribution >= 0.6 is 24.0 Å². The summed E-state index contributed by atoms with van der Waals surface area (Å²) < 4.78 is 5.13. The molecule has 1 N–H and O–H groups in total. The fourth-order valence-electron chi connectivity index (χ4n) is 2.75. The summed E-state index contributed by atoms with van der Waals surface area (Å²) in [7, 11) is 0. The Morgan fingerprint density at radius 2 is 2.12 bits per heavy atom. The van der Waals surface area contributed by atoms with Crippen molar-refractivity contribution in [1.82, 2.24) is 20.4 Å². The van der Waals surface area contributed by atoms with Gasteiger partial charge < -0.3 is 14.7 Å². The number of benzene rings is 1. The topological polar surface area (TPSA) is 66.5 Å². The predicted octanol–water partition coefficient (Wildman–Crippen LogP) is 3.25. The zero-order chi connectivity index (χ0) is 16.8. The molecule has 6 nitrogen and oxygen atoms in total. The van der Waals surface area contributed by atoms with Crippen molar-refractivity contribution in [2.45, 2.75) is 26.8 Å². The number of halogens is 1. The van der Waals surface area contributed by atoms with E-state index in [4.69, 9.17) is 4.52 Å². The zero-order valence-electron chi connectivity index (χ0n) is 14.6. The lowest BCUT2D eigenvalue weighted by Gasteiger charge is -2.29. The van der Waals surface area contributed by atoms with Crippen molar-refractivity contribution in [3.63, 3.8) is 0 Å². The average Bonchev–Trinajstić information content (AvgIpc) is 3.05. The van der Waals surface area contributed by atoms with Crippen LogP contribution in [0.2, 0.25) is 0 Å². The molecule has 0 saturated carbocycles. The van der Waals surface area contributed by atoms with Crippen molar-refractivity contribution in [2.24, 2.45) is 4.99 Å². The molecule has 1 aliphatic rings. The van der Waals surface area contributed by atoms with E-state index >= 15 is 0 Å². The zero-order valence-corrected chi connectivity index (χ0v) is 16.9. The number of hydrogen-bond donors (Lipinski definition) is 1. The first-order chi connectivity index (χ1) is 11.8. The number of rotatable bonds is 4. The second-order valence-corrected chi connectivity index (χ2v) is 5.70. The Labute approximate surface area is 165 Å². The summed E-state index contributed by atoms with van der Waals surface area (Å²) in [5.41, 5.74) is 2.70. The highest BCUT2D eigenvalue weighted by Crippen LogP contribution is 2.22. The highest BCUT2D eigenvalue weighted by molar-refractivity contribution is 14.0. The molecule has 7 heteroatoms. The molecule has 0 unspecified atom stereocenters. The van der Waals surface area contributed by atoms with Gasteiger partial charge in [-0.3, -0.25) is 0 Å². The van der Waals surface area contributed by atoms with Crippen LogP contribution < -0.4 is 5.32 Å². The van der Waals surface area contributed by atoms with E-state index in [2.05, 4.69) is 62.6 Å². The van der Waals surface area contributed by atoms with Gasteiger partial charge in [-0.25, -0.2) is 4.99 Å². The van der Waals surface area contributed by atoms with Gasteiger partial charge in [0.05, 0.1) is 0 Å². The number of guanidine groups is 1. The van der Waals surface area contributed by atoms with Gasteiger partial charge in [-0.15, -0.1) is 24.0 Å². The van der Waals surface area contributed by atoms with Crippen LogP contribution in [0.4, 0.5) is 0 Å². The number of nitrogens with zero attached hydrogens (tertiary/aromatic N) is 4. The molecule has 0 saturated heterocycles. The first-order valence-corrected chi connectivity index (χ1v) is 8.33. The van der Waals surface area contributed by atoms with Gasteiger partial charge in [0.2, 0.25) is 5.89 Å². The maximum absolute atomic E-state index is 5.13. The fourth-order valence-corrected chi connectivity index (χ4v) is 2.75. The Morgan fingerprint density at radius 1 is 1.32 bits per heavy atom. The first-order valence-electron chi connectivity index (χ1n) is 8.33. The summed E-state index contributed by atoms with van der Waals surface area (Å²) in [5.74, 6) is 2.07. The SMILES string of the molecule is CCNC(=NCc1nc(C)no1)N1CC=C(c2ccccc2)CC1.I. The van der Waals surface area contributed by atoms with Gasteiger partial charge in [0.25, 0.3) is 0 Å². The Kier molecular flexibility index (Phi) is 7.42. The monoisotopic (exact) mass is 453 g/mol. The van der Waals surface area contributed by atoms with Crippen molar-refractivity contribution in [1.29, 1.82) is 0 Å². The van der Waals surface area contributed by atoms with E-state index in [-0.39, 0.29) is 24.0 Å². The van der Waals surface area contributed by atoms with Gasteiger partial charge in [-0.05, 0) is 31.4 Å². The van der Waals surface area contributed by atoms with E-state index in [0.717, 1.165) is 32.0 Å². The summed E-state index contributed by atoms with van der Waals surface area (Å²) in [6, 6.07) is 10.5. The highest BCUT2D eigenvalue weighted by Gasteiger charge is 2.16. The van der Waals surface area contributed by atoms with Gasteiger partial charge in [0.1, 0.15) is 6.54 Å². The largest absolute Gasteiger partial charge is 0.356 e. The van der Waals surface area contributed by atoms with Crippen LogP contribution in [0.25, 0.3) is 5.57 Å². The number of aryl methyl sites for hydroxylation is 1. The molecular formula is C18H24IN5O. The molecule has 2 aromatic rings. The molecule has 134 valence electrons. The molecule has 0 aliphatic carbocycles. The molecule has 0 amide bonds. The van der Waals surface area contributed by atoms with Crippen LogP contribution in [0.3, 0.4) is 0 Å². The van der Waals surface area contributed by atoms with Crippen molar-refractivity contribution < 1.29 is 4.52 Å². The van der Waals surface area contributed by atoms with Gasteiger partial charge in [0, 0.05) is 19.6 Å². The lowest BCUT2D eigenvalue weighted by atomic mass is 10.00. The molecule has 3 rings (SSSR count). The van der Waals surface area contributed by atoms with Crippen LogP contribution in [0.1, 0.15) is 30.6 Å². The van der Waals surface area contributed by atoms with Crippen LogP contribution in [0.15, 0.2) is 45.9 Å². The predicted molar refractivity (Wildman–Crippen MR) is 110 cm³/mol. The van der Waals surface area contributed by atoms with E-state index in [1.54, 1.807) is 0 Å². The summed E-state index contributed by atoms with van der Waals surface area (Å²) >= 11 is 0. The van der Waals surface area contributed by atoms with Gasteiger partial charge in [0.15, 0.2) is 11.8 Å². The first kappa shape index (κ1) is 19.4. The Bertz CT molecular complexity index is 726. The molecule has 2 heterocycles. The van der Waals surface area contributed by atoms with Gasteiger partial charge >= 0.3 is 0 Å². The molecule has 1 aromatic carbocycles. The van der Waals surface area contributed by atoms with Crippen molar-refractivity contribution in [3.05, 3.63) is 53.7 Å². The Morgan fingerprint density at radius 3 is 2.72 bits per heavy atom. The van der Waals surface area contributed by atoms with Crippen LogP contribution in [-0.4, -0.2) is 40.6 Å². The molecule has 25 heavy (non-hydrogen) atoms. The summed E-state index contributed by atoms with van der Waals surface area (Å²) in [4.78, 5) is 11.1. The minimum atomic E-state index is 0. The number of hydrogen-bond acceptors (Lipinski definition) is 4. The lowest BCUT2D eigenvalue weighted by Crippen LogP contribution is -2.43. The third kappa shape index (κ3) is 5.29. The quantitative estimate of drug-likeness (QED) is 0.438. The third-order valence-electron chi connectivity index (χ3n) is 3.92. The van der Waals surface area contributed by atoms with Crippen LogP contribution in [0.5, 0.6) is 0 Å². The molecule has 1 aromatic heterocycles. The number of aromatic nitrogens is 2. The number of nitrogens with one attached hydrogen (secondary N) is 1. The molecular weight excluding hydrogens is 429 g/mol. The fraction of sp³-hybridized carbons (Fsp3) is 0.389. The van der Waals surface area contributed by atoms with Crippen molar-refractivity contribution >= 4 is 35.5 Å². The average molecular weight is 453 g/mol. The molecule has 0 bridgehead atoms. The van der Waals surface area contributed by atoms with E-state index in [1.807, 2.05) is 13.0 Å². The van der Waals surface area contributed by atoms with Crippen LogP contribution in [0, 0.1) is 6.92 Å². The Balaban J connectivity index is 0.00000225. The molecule has 1 aliphatic heterocycles. The second-order valence-electron chi connectivity index (χ2n) is 5.70. The maximum atomic E-state index is 5.13. The minimum absolute atomic E-state index is 0. The summed E-state index contributed by atoms with van der Waals surface area (Å²) in [5, 5.41) is 7.14. The Hall–Kier alpha value is -1.90. The molecule has 0 fully saturated rings. The third-order valence-corrected chi connectivity index (χ3v) is 3.92. The van der Waals surface area contributed by atoms with E-state index < -0.39 is 0 Å². The minimum Gasteiger partial charge on any atom is -0.356 e. The molecule has 0 radical (unpaired) electrons. The normalized spacial score (nSPS) is 14.7. The molecule has 0 spiro atoms. The second kappa shape index (κ2) is 9.55. The van der Waals surface area contributed by atoms with Crippen molar-refractivity contribution in [2.75, 3.05) is 19.6 Å². The number of aliphatic imine (C=N–C) groups is 1. The smallest absolute Gasteiger partial charge is 0.248 e. The standard InChI is InChI=1S/C18H23N5O.HI/c1-3-19-18(20-13-17-21-14(2)22-24-17)23-11-9-16(10-12-23)15-7-5-4-6-8-15;/h4-9H,3,10-13H2,1-2H3,(H,19,20);1H. The van der Waals surface area contributed by atoms with Gasteiger partial charge in [-0.1, -0.05) is 41.6 Å². The van der Waals surface area contributed by atoms with Crippen LogP contribution in [-0.2, 0) is 6.54 Å². The van der Waals surface area contributed by atoms with Crippen molar-refractivity contribution in [3.8, 4) is 0 Å². The molecule has 0 atom stereocenters. The van der Waals surface area contributed by atoms with E-state index in [1.165, 1.54) is 11.1 Å². The lowest BCUT2D eigenvalue weighted by molar-refractivity contribution is 0.374. The van der Waals surface area contributed by atoms with E-state index in [0.29, 0.717) is 18.3 Å². The van der Waals surface area contributed by atoms with E-state index in [9.17, 15) is 0 Å². The summed E-state index contributed by atoms with van der Waals surface area (Å²) in [6.45, 7) is 6.89. The highest BCUT2D eigenvalue weighted by atomic mass is 127. The maximum Gasteiger partial charge on any atom is 0.248 e. The van der Waals surface area contributed by atoms with Gasteiger partial charge in [-0.2, -0.15) is 4.98 Å². The summed E-state index contributed by atoms with van der Waals surface area (Å²) in [6.07, 6.45) is 3.29.